The lowest BCUT2D eigenvalue weighted by molar-refractivity contribution is -0.143. The Balaban J connectivity index is 1.49. The van der Waals surface area contributed by atoms with E-state index in [0.29, 0.717) is 28.6 Å². The smallest absolute Gasteiger partial charge is 0.416 e. The van der Waals surface area contributed by atoms with E-state index in [9.17, 15) is 36.6 Å². The van der Waals surface area contributed by atoms with Gasteiger partial charge in [0.2, 0.25) is 0 Å². The van der Waals surface area contributed by atoms with E-state index in [2.05, 4.69) is 14.5 Å². The number of esters is 1. The van der Waals surface area contributed by atoms with Crippen LogP contribution in [-0.4, -0.2) is 63.7 Å². The van der Waals surface area contributed by atoms with Crippen LogP contribution in [0.3, 0.4) is 0 Å². The van der Waals surface area contributed by atoms with Gasteiger partial charge in [0.1, 0.15) is 5.52 Å². The molecule has 0 spiro atoms. The molecule has 49 heavy (non-hydrogen) atoms. The standard InChI is InChI=1S/C34H37F3N4O7S/c1-4-47-32(44)18-29(24-6-5-21(2)26(17-24)19-40-15-13-31(43)48-49(40,45)46)28-11-12-30-33(22(28)3)38-39-41(30)20-25(14-16-42)23-7-9-27(10-8-23)34(35,36)37/h5-13,17,25,29,42-43H,4,14-16,18-20H2,1-3H3. The van der Waals surface area contributed by atoms with E-state index in [-0.39, 0.29) is 45.2 Å². The van der Waals surface area contributed by atoms with E-state index in [1.54, 1.807) is 11.6 Å². The maximum Gasteiger partial charge on any atom is 0.416 e. The highest BCUT2D eigenvalue weighted by atomic mass is 32.2. The van der Waals surface area contributed by atoms with Crippen LogP contribution in [0.4, 0.5) is 13.2 Å². The van der Waals surface area contributed by atoms with Crippen molar-refractivity contribution in [1.82, 2.24) is 19.3 Å². The van der Waals surface area contributed by atoms with E-state index in [1.165, 1.54) is 18.2 Å². The van der Waals surface area contributed by atoms with Crippen molar-refractivity contribution in [3.8, 4) is 0 Å². The van der Waals surface area contributed by atoms with Crippen molar-refractivity contribution in [1.29, 1.82) is 0 Å². The minimum Gasteiger partial charge on any atom is -0.480 e. The minimum atomic E-state index is -4.46. The molecule has 0 fully saturated rings. The highest BCUT2D eigenvalue weighted by Gasteiger charge is 2.32. The van der Waals surface area contributed by atoms with Crippen LogP contribution in [0.2, 0.25) is 0 Å². The Hall–Kier alpha value is -4.47. The first kappa shape index (κ1) is 35.8. The first-order valence-electron chi connectivity index (χ1n) is 15.7. The highest BCUT2D eigenvalue weighted by molar-refractivity contribution is 7.84. The third-order valence-corrected chi connectivity index (χ3v) is 10.0. The third-order valence-electron chi connectivity index (χ3n) is 8.71. The van der Waals surface area contributed by atoms with E-state index in [1.807, 2.05) is 44.2 Å². The summed E-state index contributed by atoms with van der Waals surface area (Å²) in [6, 6.07) is 14.1. The summed E-state index contributed by atoms with van der Waals surface area (Å²) in [5.74, 6) is -1.94. The molecule has 4 aromatic rings. The second kappa shape index (κ2) is 14.6. The molecule has 0 amide bonds. The van der Waals surface area contributed by atoms with Crippen molar-refractivity contribution in [3.63, 3.8) is 0 Å². The molecule has 0 saturated carbocycles. The summed E-state index contributed by atoms with van der Waals surface area (Å²) < 4.78 is 77.2. The highest BCUT2D eigenvalue weighted by Crippen LogP contribution is 2.36. The molecule has 0 radical (unpaired) electrons. The van der Waals surface area contributed by atoms with Gasteiger partial charge in [0.25, 0.3) is 5.95 Å². The second-order valence-electron chi connectivity index (χ2n) is 11.9. The van der Waals surface area contributed by atoms with E-state index in [0.717, 1.165) is 38.7 Å². The predicted molar refractivity (Wildman–Crippen MR) is 174 cm³/mol. The molecule has 11 nitrogen and oxygen atoms in total. The second-order valence-corrected chi connectivity index (χ2v) is 13.4. The summed E-state index contributed by atoms with van der Waals surface area (Å²) in [6.45, 7) is 5.59. The predicted octanol–water partition coefficient (Wildman–Crippen LogP) is 5.79. The van der Waals surface area contributed by atoms with Gasteiger partial charge < -0.3 is 19.1 Å². The Morgan fingerprint density at radius 2 is 1.80 bits per heavy atom. The fourth-order valence-electron chi connectivity index (χ4n) is 6.04. The molecular formula is C34H37F3N4O7S. The van der Waals surface area contributed by atoms with Crippen LogP contribution >= 0.6 is 0 Å². The Bertz CT molecular complexity index is 1960. The van der Waals surface area contributed by atoms with Gasteiger partial charge in [-0.3, -0.25) is 4.79 Å². The first-order valence-corrected chi connectivity index (χ1v) is 17.0. The van der Waals surface area contributed by atoms with Crippen LogP contribution in [0.25, 0.3) is 11.0 Å². The van der Waals surface area contributed by atoms with Gasteiger partial charge in [-0.2, -0.15) is 25.9 Å². The summed E-state index contributed by atoms with van der Waals surface area (Å²) >= 11 is 0. The number of aliphatic hydroxyl groups excluding tert-OH is 2. The van der Waals surface area contributed by atoms with Crippen molar-refractivity contribution < 1.29 is 45.5 Å². The number of ether oxygens (including phenoxy) is 1. The van der Waals surface area contributed by atoms with Gasteiger partial charge in [-0.25, -0.2) is 4.68 Å². The molecule has 0 aliphatic carbocycles. The fourth-order valence-corrected chi connectivity index (χ4v) is 6.98. The molecule has 2 N–H and O–H groups in total. The zero-order valence-electron chi connectivity index (χ0n) is 27.1. The molecule has 0 saturated heterocycles. The normalized spacial score (nSPS) is 16.2. The van der Waals surface area contributed by atoms with Crippen LogP contribution in [0.5, 0.6) is 0 Å². The Morgan fingerprint density at radius 1 is 1.08 bits per heavy atom. The quantitative estimate of drug-likeness (QED) is 0.175. The fraction of sp³-hybridized carbons (Fsp3) is 0.382. The average Bonchev–Trinajstić information content (AvgIpc) is 3.45. The zero-order valence-corrected chi connectivity index (χ0v) is 28.0. The van der Waals surface area contributed by atoms with Gasteiger partial charge in [0, 0.05) is 37.6 Å². The molecule has 5 rings (SSSR count). The molecule has 0 bridgehead atoms. The molecule has 1 aromatic heterocycles. The van der Waals surface area contributed by atoms with Crippen molar-refractivity contribution in [2.45, 2.75) is 64.7 Å². The maximum atomic E-state index is 13.1. The molecule has 2 atom stereocenters. The third kappa shape index (κ3) is 8.06. The summed E-state index contributed by atoms with van der Waals surface area (Å²) in [6.07, 6.45) is -2.92. The lowest BCUT2D eigenvalue weighted by Crippen LogP contribution is -2.35. The molecule has 2 heterocycles. The van der Waals surface area contributed by atoms with Crippen molar-refractivity contribution in [2.24, 2.45) is 0 Å². The zero-order chi connectivity index (χ0) is 35.5. The number of carbonyl (C=O) groups excluding carboxylic acids is 1. The topological polar surface area (TPSA) is 144 Å². The minimum absolute atomic E-state index is 0.00887. The number of benzene rings is 3. The number of rotatable bonds is 12. The number of aryl methyl sites for hydroxylation is 2. The summed E-state index contributed by atoms with van der Waals surface area (Å²) in [7, 11) is -4.20. The lowest BCUT2D eigenvalue weighted by Gasteiger charge is -2.25. The molecular weight excluding hydrogens is 665 g/mol. The Morgan fingerprint density at radius 3 is 2.45 bits per heavy atom. The molecule has 1 aliphatic rings. The van der Waals surface area contributed by atoms with E-state index < -0.39 is 39.9 Å². The molecule has 3 aromatic carbocycles. The van der Waals surface area contributed by atoms with Gasteiger partial charge >= 0.3 is 22.4 Å². The van der Waals surface area contributed by atoms with Crippen LogP contribution < -0.4 is 0 Å². The molecule has 2 unspecified atom stereocenters. The number of alkyl halides is 3. The maximum absolute atomic E-state index is 13.1. The van der Waals surface area contributed by atoms with Gasteiger partial charge in [-0.1, -0.05) is 41.6 Å². The molecule has 262 valence electrons. The van der Waals surface area contributed by atoms with E-state index in [4.69, 9.17) is 4.74 Å². The number of carbonyl (C=O) groups is 1. The monoisotopic (exact) mass is 702 g/mol. The summed E-state index contributed by atoms with van der Waals surface area (Å²) in [5.41, 5.74) is 4.86. The largest absolute Gasteiger partial charge is 0.480 e. The van der Waals surface area contributed by atoms with Crippen molar-refractivity contribution in [2.75, 3.05) is 19.8 Å². The van der Waals surface area contributed by atoms with Gasteiger partial charge in [-0.15, -0.1) is 5.10 Å². The number of hydrogen-bond donors (Lipinski definition) is 2. The number of nitrogens with zero attached hydrogens (tertiary/aromatic N) is 4. The summed E-state index contributed by atoms with van der Waals surface area (Å²) in [5, 5.41) is 28.1. The van der Waals surface area contributed by atoms with Crippen LogP contribution in [-0.2, 0) is 43.3 Å². The van der Waals surface area contributed by atoms with Crippen molar-refractivity contribution in [3.05, 3.63) is 106 Å². The Labute approximate surface area is 281 Å². The number of halogens is 3. The molecule has 1 aliphatic heterocycles. The average molecular weight is 703 g/mol. The van der Waals surface area contributed by atoms with Crippen LogP contribution in [0.15, 0.2) is 66.6 Å². The van der Waals surface area contributed by atoms with Gasteiger partial charge in [0.15, 0.2) is 0 Å². The number of fused-ring (bicyclic) bond motifs is 1. The van der Waals surface area contributed by atoms with Gasteiger partial charge in [-0.05, 0) is 78.8 Å². The number of aliphatic hydroxyl groups is 2. The number of hydrogen-bond acceptors (Lipinski definition) is 9. The number of aromatic nitrogens is 3. The van der Waals surface area contributed by atoms with E-state index >= 15 is 0 Å². The SMILES string of the molecule is CCOC(=O)CC(c1ccc(C)c(CN2CC=C(O)OS2(=O)=O)c1)c1ccc2c(nnn2CC(CCO)c2ccc(C(F)(F)F)cc2)c1C. The Kier molecular flexibility index (Phi) is 10.6. The summed E-state index contributed by atoms with van der Waals surface area (Å²) in [4.78, 5) is 12.9. The van der Waals surface area contributed by atoms with Crippen molar-refractivity contribution >= 4 is 27.3 Å². The van der Waals surface area contributed by atoms with Gasteiger partial charge in [0.05, 0.1) is 30.7 Å². The lowest BCUT2D eigenvalue weighted by atomic mass is 9.84. The van der Waals surface area contributed by atoms with Crippen LogP contribution in [0.1, 0.15) is 70.5 Å². The molecule has 15 heteroatoms. The first-order chi connectivity index (χ1) is 23.2. The van der Waals surface area contributed by atoms with Crippen LogP contribution in [0, 0.1) is 13.8 Å².